The number of rotatable bonds is 6. The third-order valence-corrected chi connectivity index (χ3v) is 7.89. The summed E-state index contributed by atoms with van der Waals surface area (Å²) in [5, 5.41) is 4.14. The number of hydrogen-bond acceptors (Lipinski definition) is 5. The van der Waals surface area contributed by atoms with E-state index in [9.17, 15) is 8.42 Å². The molecule has 0 amide bonds. The Morgan fingerprint density at radius 3 is 2.58 bits per heavy atom. The van der Waals surface area contributed by atoms with Gasteiger partial charge in [-0.1, -0.05) is 12.1 Å². The largest absolute Gasteiger partial charge is 0.399 e. The van der Waals surface area contributed by atoms with Crippen LogP contribution in [0.2, 0.25) is 0 Å². The first kappa shape index (κ1) is 17.3. The Morgan fingerprint density at radius 2 is 1.96 bits per heavy atom. The molecule has 0 atom stereocenters. The van der Waals surface area contributed by atoms with Crippen molar-refractivity contribution in [3.63, 3.8) is 0 Å². The predicted molar refractivity (Wildman–Crippen MR) is 103 cm³/mol. The first-order valence-electron chi connectivity index (χ1n) is 8.38. The average molecular weight is 389 g/mol. The average Bonchev–Trinajstić information content (AvgIpc) is 3.15. The van der Waals surface area contributed by atoms with E-state index in [1.165, 1.54) is 11.3 Å². The number of nitrogens with two attached hydrogens (primary N) is 1. The first-order valence-corrected chi connectivity index (χ1v) is 10.6. The maximum atomic E-state index is 13.2. The number of hydrogen-bond donors (Lipinski definition) is 1. The van der Waals surface area contributed by atoms with Gasteiger partial charge in [-0.2, -0.15) is 9.40 Å². The van der Waals surface area contributed by atoms with Crippen LogP contribution < -0.4 is 5.73 Å². The molecule has 3 aromatic rings. The summed E-state index contributed by atoms with van der Waals surface area (Å²) in [6.07, 6.45) is 5.41. The Morgan fingerprint density at radius 1 is 1.23 bits per heavy atom. The summed E-state index contributed by atoms with van der Waals surface area (Å²) in [5.41, 5.74) is 8.29. The lowest BCUT2D eigenvalue weighted by Crippen LogP contribution is -2.32. The molecule has 2 heterocycles. The van der Waals surface area contributed by atoms with Gasteiger partial charge in [-0.15, -0.1) is 11.3 Å². The van der Waals surface area contributed by atoms with Crippen LogP contribution in [0.5, 0.6) is 0 Å². The fourth-order valence-electron chi connectivity index (χ4n) is 2.88. The number of nitrogen functional groups attached to an aromatic ring is 1. The van der Waals surface area contributed by atoms with Gasteiger partial charge in [0, 0.05) is 42.0 Å². The Kier molecular flexibility index (Phi) is 4.34. The summed E-state index contributed by atoms with van der Waals surface area (Å²) < 4.78 is 30.1. The molecular weight excluding hydrogens is 368 g/mol. The highest BCUT2D eigenvalue weighted by Crippen LogP contribution is 2.37. The molecule has 1 aliphatic carbocycles. The molecule has 1 saturated carbocycles. The van der Waals surface area contributed by atoms with Gasteiger partial charge in [0.25, 0.3) is 10.0 Å². The Labute approximate surface area is 156 Å². The van der Waals surface area contributed by atoms with Crippen molar-refractivity contribution in [1.29, 1.82) is 0 Å². The van der Waals surface area contributed by atoms with Crippen LogP contribution in [0.25, 0.3) is 10.4 Å². The van der Waals surface area contributed by atoms with Crippen molar-refractivity contribution in [2.24, 2.45) is 7.05 Å². The first-order chi connectivity index (χ1) is 12.4. The topological polar surface area (TPSA) is 81.2 Å². The lowest BCUT2D eigenvalue weighted by Gasteiger charge is -2.20. The fraction of sp³-hybridized carbons (Fsp3) is 0.278. The molecule has 26 heavy (non-hydrogen) atoms. The van der Waals surface area contributed by atoms with Crippen LogP contribution in [-0.2, 0) is 23.6 Å². The van der Waals surface area contributed by atoms with Gasteiger partial charge in [-0.25, -0.2) is 8.42 Å². The smallest absolute Gasteiger partial charge is 0.253 e. The highest BCUT2D eigenvalue weighted by molar-refractivity contribution is 7.91. The molecule has 1 fully saturated rings. The number of thiophene rings is 1. The van der Waals surface area contributed by atoms with E-state index in [0.29, 0.717) is 16.4 Å². The van der Waals surface area contributed by atoms with Crippen LogP contribution in [-0.4, -0.2) is 28.5 Å². The minimum absolute atomic E-state index is 0.0854. The molecule has 0 bridgehead atoms. The maximum absolute atomic E-state index is 13.2. The maximum Gasteiger partial charge on any atom is 0.253 e. The van der Waals surface area contributed by atoms with E-state index in [0.717, 1.165) is 28.8 Å². The van der Waals surface area contributed by atoms with E-state index in [4.69, 9.17) is 5.73 Å². The predicted octanol–water partition coefficient (Wildman–Crippen LogP) is 3.08. The summed E-state index contributed by atoms with van der Waals surface area (Å²) in [7, 11) is -1.70. The van der Waals surface area contributed by atoms with Crippen molar-refractivity contribution >= 4 is 27.0 Å². The zero-order valence-electron chi connectivity index (χ0n) is 14.4. The Hall–Kier alpha value is -2.16. The molecule has 0 spiro atoms. The SMILES string of the molecule is Cn1cc(CN(C2CC2)S(=O)(=O)c2ccc(-c3ccc(N)cc3)s2)cn1. The number of aryl methyl sites for hydroxylation is 1. The normalized spacial score (nSPS) is 14.8. The van der Waals surface area contributed by atoms with Crippen molar-refractivity contribution in [3.05, 3.63) is 54.4 Å². The van der Waals surface area contributed by atoms with E-state index in [2.05, 4.69) is 5.10 Å². The molecule has 2 N–H and O–H groups in total. The Bertz CT molecular complexity index is 1020. The summed E-state index contributed by atoms with van der Waals surface area (Å²) in [6, 6.07) is 11.1. The van der Waals surface area contributed by atoms with Gasteiger partial charge < -0.3 is 5.73 Å². The van der Waals surface area contributed by atoms with Gasteiger partial charge in [0.1, 0.15) is 4.21 Å². The third kappa shape index (κ3) is 3.40. The minimum atomic E-state index is -3.53. The van der Waals surface area contributed by atoms with Gasteiger partial charge in [-0.3, -0.25) is 4.68 Å². The van der Waals surface area contributed by atoms with Gasteiger partial charge >= 0.3 is 0 Å². The minimum Gasteiger partial charge on any atom is -0.399 e. The fourth-order valence-corrected chi connectivity index (χ4v) is 6.00. The van der Waals surface area contributed by atoms with Crippen molar-refractivity contribution < 1.29 is 8.42 Å². The third-order valence-electron chi connectivity index (χ3n) is 4.39. The van der Waals surface area contributed by atoms with E-state index < -0.39 is 10.0 Å². The van der Waals surface area contributed by atoms with Crippen molar-refractivity contribution in [2.75, 3.05) is 5.73 Å². The van der Waals surface area contributed by atoms with Crippen molar-refractivity contribution in [1.82, 2.24) is 14.1 Å². The monoisotopic (exact) mass is 388 g/mol. The summed E-state index contributed by atoms with van der Waals surface area (Å²) in [5.74, 6) is 0. The second-order valence-electron chi connectivity index (χ2n) is 6.54. The molecule has 0 radical (unpaired) electrons. The van der Waals surface area contributed by atoms with Gasteiger partial charge in [0.2, 0.25) is 0 Å². The molecule has 1 aliphatic rings. The zero-order chi connectivity index (χ0) is 18.3. The van der Waals surface area contributed by atoms with Gasteiger partial charge in [0.15, 0.2) is 0 Å². The molecule has 1 aromatic carbocycles. The van der Waals surface area contributed by atoms with Crippen molar-refractivity contribution in [2.45, 2.75) is 29.6 Å². The van der Waals surface area contributed by atoms with Crippen molar-refractivity contribution in [3.8, 4) is 10.4 Å². The molecule has 4 rings (SSSR count). The van der Waals surface area contributed by atoms with E-state index in [1.807, 2.05) is 43.6 Å². The summed E-state index contributed by atoms with van der Waals surface area (Å²) in [4.78, 5) is 0.917. The molecule has 6 nitrogen and oxygen atoms in total. The molecule has 136 valence electrons. The Balaban J connectivity index is 1.63. The molecule has 2 aromatic heterocycles. The number of anilines is 1. The van der Waals surface area contributed by atoms with Crippen LogP contribution in [0.3, 0.4) is 0 Å². The quantitative estimate of drug-likeness (QED) is 0.658. The number of sulfonamides is 1. The second-order valence-corrected chi connectivity index (χ2v) is 9.75. The van der Waals surface area contributed by atoms with Gasteiger partial charge in [0.05, 0.1) is 6.20 Å². The van der Waals surface area contributed by atoms with E-state index in [1.54, 1.807) is 21.3 Å². The molecule has 0 aliphatic heterocycles. The molecule has 0 saturated heterocycles. The van der Waals surface area contributed by atoms with E-state index >= 15 is 0 Å². The van der Waals surface area contributed by atoms with Crippen LogP contribution in [0, 0.1) is 0 Å². The second kappa shape index (κ2) is 6.53. The summed E-state index contributed by atoms with van der Waals surface area (Å²) >= 11 is 1.30. The zero-order valence-corrected chi connectivity index (χ0v) is 16.0. The number of nitrogens with zero attached hydrogens (tertiary/aromatic N) is 3. The molecule has 8 heteroatoms. The standard InChI is InChI=1S/C18H20N4O2S2/c1-21-11-13(10-20-21)12-22(16-6-7-16)26(23,24)18-9-8-17(25-18)14-2-4-15(19)5-3-14/h2-5,8-11,16H,6-7,12,19H2,1H3. The van der Waals surface area contributed by atoms with Crippen LogP contribution in [0.4, 0.5) is 5.69 Å². The molecular formula is C18H20N4O2S2. The van der Waals surface area contributed by atoms with Crippen LogP contribution in [0.15, 0.2) is 53.0 Å². The van der Waals surface area contributed by atoms with E-state index in [-0.39, 0.29) is 6.04 Å². The highest BCUT2D eigenvalue weighted by Gasteiger charge is 2.39. The lowest BCUT2D eigenvalue weighted by atomic mass is 10.2. The highest BCUT2D eigenvalue weighted by atomic mass is 32.2. The van der Waals surface area contributed by atoms with Gasteiger partial charge in [-0.05, 0) is 42.7 Å². The number of aromatic nitrogens is 2. The molecule has 0 unspecified atom stereocenters. The van der Waals surface area contributed by atoms with Crippen LogP contribution >= 0.6 is 11.3 Å². The van der Waals surface area contributed by atoms with Crippen LogP contribution in [0.1, 0.15) is 18.4 Å². The lowest BCUT2D eigenvalue weighted by molar-refractivity contribution is 0.400. The number of benzene rings is 1. The summed E-state index contributed by atoms with van der Waals surface area (Å²) in [6.45, 7) is 0.357.